The SMILES string of the molecule is Cc1c(C=O)nnn1Cc1cccc2ccccc12. The van der Waals surface area contributed by atoms with Gasteiger partial charge in [0.25, 0.3) is 0 Å². The number of aromatic nitrogens is 3. The molecule has 0 spiro atoms. The highest BCUT2D eigenvalue weighted by Gasteiger charge is 2.09. The Morgan fingerprint density at radius 2 is 1.95 bits per heavy atom. The van der Waals surface area contributed by atoms with Crippen LogP contribution in [0.3, 0.4) is 0 Å². The molecule has 0 atom stereocenters. The van der Waals surface area contributed by atoms with Gasteiger partial charge in [0.1, 0.15) is 5.69 Å². The Morgan fingerprint density at radius 1 is 1.16 bits per heavy atom. The van der Waals surface area contributed by atoms with Crippen molar-refractivity contribution in [2.75, 3.05) is 0 Å². The Bertz CT molecular complexity index is 741. The van der Waals surface area contributed by atoms with Gasteiger partial charge in [-0.3, -0.25) is 4.79 Å². The van der Waals surface area contributed by atoms with Gasteiger partial charge in [0.15, 0.2) is 6.29 Å². The van der Waals surface area contributed by atoms with Crippen LogP contribution in [0.15, 0.2) is 42.5 Å². The van der Waals surface area contributed by atoms with E-state index < -0.39 is 0 Å². The molecular formula is C15H13N3O. The topological polar surface area (TPSA) is 47.8 Å². The van der Waals surface area contributed by atoms with Gasteiger partial charge in [-0.05, 0) is 23.3 Å². The smallest absolute Gasteiger partial charge is 0.172 e. The highest BCUT2D eigenvalue weighted by atomic mass is 16.1. The van der Waals surface area contributed by atoms with Crippen LogP contribution in [0.1, 0.15) is 21.7 Å². The lowest BCUT2D eigenvalue weighted by Gasteiger charge is -2.07. The molecule has 3 rings (SSSR count). The average molecular weight is 251 g/mol. The fourth-order valence-electron chi connectivity index (χ4n) is 2.22. The lowest BCUT2D eigenvalue weighted by Crippen LogP contribution is -2.04. The van der Waals surface area contributed by atoms with Crippen molar-refractivity contribution in [3.8, 4) is 0 Å². The van der Waals surface area contributed by atoms with Crippen LogP contribution in [-0.2, 0) is 6.54 Å². The molecule has 0 N–H and O–H groups in total. The van der Waals surface area contributed by atoms with Crippen molar-refractivity contribution in [2.45, 2.75) is 13.5 Å². The Morgan fingerprint density at radius 3 is 2.74 bits per heavy atom. The molecule has 0 fully saturated rings. The molecule has 1 aromatic heterocycles. The molecule has 0 aliphatic heterocycles. The van der Waals surface area contributed by atoms with E-state index >= 15 is 0 Å². The van der Waals surface area contributed by atoms with Crippen molar-refractivity contribution in [2.24, 2.45) is 0 Å². The third-order valence-electron chi connectivity index (χ3n) is 3.33. The molecule has 0 saturated heterocycles. The molecule has 0 radical (unpaired) electrons. The highest BCUT2D eigenvalue weighted by Crippen LogP contribution is 2.19. The number of nitrogens with zero attached hydrogens (tertiary/aromatic N) is 3. The van der Waals surface area contributed by atoms with E-state index in [0.717, 1.165) is 12.0 Å². The Kier molecular flexibility index (Phi) is 2.83. The van der Waals surface area contributed by atoms with Gasteiger partial charge >= 0.3 is 0 Å². The summed E-state index contributed by atoms with van der Waals surface area (Å²) in [5.74, 6) is 0. The number of fused-ring (bicyclic) bond motifs is 1. The molecule has 0 unspecified atom stereocenters. The van der Waals surface area contributed by atoms with Gasteiger partial charge in [0.2, 0.25) is 0 Å². The van der Waals surface area contributed by atoms with Crippen LogP contribution in [0.5, 0.6) is 0 Å². The maximum Gasteiger partial charge on any atom is 0.172 e. The monoisotopic (exact) mass is 251 g/mol. The van der Waals surface area contributed by atoms with Crippen LogP contribution in [0.2, 0.25) is 0 Å². The first-order valence-corrected chi connectivity index (χ1v) is 6.11. The summed E-state index contributed by atoms with van der Waals surface area (Å²) in [7, 11) is 0. The lowest BCUT2D eigenvalue weighted by molar-refractivity contribution is 0.111. The van der Waals surface area contributed by atoms with Crippen LogP contribution < -0.4 is 0 Å². The largest absolute Gasteiger partial charge is 0.296 e. The van der Waals surface area contributed by atoms with Crippen LogP contribution in [0.4, 0.5) is 0 Å². The van der Waals surface area contributed by atoms with Crippen LogP contribution in [-0.4, -0.2) is 21.3 Å². The molecule has 0 bridgehead atoms. The maximum absolute atomic E-state index is 10.8. The molecule has 2 aromatic carbocycles. The fourth-order valence-corrected chi connectivity index (χ4v) is 2.22. The average Bonchev–Trinajstić information content (AvgIpc) is 2.80. The predicted octanol–water partition coefficient (Wildman–Crippen LogP) is 2.60. The first-order chi connectivity index (χ1) is 9.29. The first kappa shape index (κ1) is 11.6. The highest BCUT2D eigenvalue weighted by molar-refractivity contribution is 5.85. The zero-order valence-corrected chi connectivity index (χ0v) is 10.6. The van der Waals surface area contributed by atoms with E-state index in [0.29, 0.717) is 12.2 Å². The van der Waals surface area contributed by atoms with E-state index in [9.17, 15) is 4.79 Å². The Balaban J connectivity index is 2.05. The number of carbonyl (C=O) groups excluding carboxylic acids is 1. The summed E-state index contributed by atoms with van der Waals surface area (Å²) in [6.07, 6.45) is 0.738. The van der Waals surface area contributed by atoms with Crippen molar-refractivity contribution < 1.29 is 4.79 Å². The number of carbonyl (C=O) groups is 1. The van der Waals surface area contributed by atoms with E-state index in [4.69, 9.17) is 0 Å². The summed E-state index contributed by atoms with van der Waals surface area (Å²) in [6, 6.07) is 14.4. The Labute approximate surface area is 110 Å². The molecule has 4 heteroatoms. The summed E-state index contributed by atoms with van der Waals surface area (Å²) in [6.45, 7) is 2.48. The molecular weight excluding hydrogens is 238 g/mol. The minimum atomic E-state index is 0.403. The first-order valence-electron chi connectivity index (χ1n) is 6.11. The quantitative estimate of drug-likeness (QED) is 0.672. The molecule has 0 aliphatic carbocycles. The summed E-state index contributed by atoms with van der Waals surface area (Å²) in [5.41, 5.74) is 2.37. The fraction of sp³-hybridized carbons (Fsp3) is 0.133. The van der Waals surface area contributed by atoms with Gasteiger partial charge in [-0.15, -0.1) is 5.10 Å². The van der Waals surface area contributed by atoms with Crippen LogP contribution in [0.25, 0.3) is 10.8 Å². The summed E-state index contributed by atoms with van der Waals surface area (Å²) in [4.78, 5) is 10.8. The van der Waals surface area contributed by atoms with Crippen LogP contribution in [0, 0.1) is 6.92 Å². The molecule has 94 valence electrons. The second-order valence-electron chi connectivity index (χ2n) is 4.47. The lowest BCUT2D eigenvalue weighted by atomic mass is 10.0. The minimum Gasteiger partial charge on any atom is -0.296 e. The normalized spacial score (nSPS) is 10.8. The molecule has 4 nitrogen and oxygen atoms in total. The zero-order valence-electron chi connectivity index (χ0n) is 10.6. The maximum atomic E-state index is 10.8. The van der Waals surface area contributed by atoms with E-state index in [1.807, 2.05) is 25.1 Å². The van der Waals surface area contributed by atoms with E-state index in [2.05, 4.69) is 34.6 Å². The summed E-state index contributed by atoms with van der Waals surface area (Å²) in [5, 5.41) is 10.3. The molecule has 1 heterocycles. The third-order valence-corrected chi connectivity index (χ3v) is 3.33. The van der Waals surface area contributed by atoms with E-state index in [-0.39, 0.29) is 0 Å². The van der Waals surface area contributed by atoms with Crippen LogP contribution >= 0.6 is 0 Å². The molecule has 19 heavy (non-hydrogen) atoms. The second kappa shape index (κ2) is 4.65. The van der Waals surface area contributed by atoms with Gasteiger partial charge in [-0.25, -0.2) is 4.68 Å². The molecule has 3 aromatic rings. The third kappa shape index (κ3) is 2.01. The number of hydrogen-bond acceptors (Lipinski definition) is 3. The van der Waals surface area contributed by atoms with Gasteiger partial charge in [-0.1, -0.05) is 47.7 Å². The molecule has 0 saturated carbocycles. The Hall–Kier alpha value is -2.49. The standard InChI is InChI=1S/C15H13N3O/c1-11-15(10-19)16-17-18(11)9-13-7-4-6-12-5-2-3-8-14(12)13/h2-8,10H,9H2,1H3. The zero-order chi connectivity index (χ0) is 13.2. The van der Waals surface area contributed by atoms with Crippen molar-refractivity contribution >= 4 is 17.1 Å². The predicted molar refractivity (Wildman–Crippen MR) is 73.2 cm³/mol. The molecule has 0 aliphatic rings. The van der Waals surface area contributed by atoms with E-state index in [1.165, 1.54) is 16.3 Å². The number of benzene rings is 2. The summed E-state index contributed by atoms with van der Waals surface area (Å²) < 4.78 is 1.76. The number of rotatable bonds is 3. The van der Waals surface area contributed by atoms with E-state index in [1.54, 1.807) is 4.68 Å². The van der Waals surface area contributed by atoms with Crippen molar-refractivity contribution in [1.29, 1.82) is 0 Å². The van der Waals surface area contributed by atoms with Crippen molar-refractivity contribution in [3.63, 3.8) is 0 Å². The number of hydrogen-bond donors (Lipinski definition) is 0. The second-order valence-corrected chi connectivity index (χ2v) is 4.47. The van der Waals surface area contributed by atoms with Gasteiger partial charge < -0.3 is 0 Å². The van der Waals surface area contributed by atoms with Gasteiger partial charge in [0.05, 0.1) is 12.2 Å². The minimum absolute atomic E-state index is 0.403. The van der Waals surface area contributed by atoms with Crippen molar-refractivity contribution in [1.82, 2.24) is 15.0 Å². The number of aldehydes is 1. The van der Waals surface area contributed by atoms with Gasteiger partial charge in [0, 0.05) is 0 Å². The van der Waals surface area contributed by atoms with Gasteiger partial charge in [-0.2, -0.15) is 0 Å². The molecule has 0 amide bonds. The summed E-state index contributed by atoms with van der Waals surface area (Å²) >= 11 is 0. The van der Waals surface area contributed by atoms with Crippen molar-refractivity contribution in [3.05, 3.63) is 59.4 Å².